The van der Waals surface area contributed by atoms with E-state index in [1.54, 1.807) is 0 Å². The highest BCUT2D eigenvalue weighted by molar-refractivity contribution is 5.56. The van der Waals surface area contributed by atoms with Gasteiger partial charge in [-0.3, -0.25) is 4.98 Å². The Labute approximate surface area is 110 Å². The zero-order valence-corrected chi connectivity index (χ0v) is 11.9. The lowest BCUT2D eigenvalue weighted by Gasteiger charge is -2.31. The van der Waals surface area contributed by atoms with Crippen LogP contribution < -0.4 is 10.6 Å². The van der Waals surface area contributed by atoms with Gasteiger partial charge in [-0.15, -0.1) is 0 Å². The molecule has 0 spiro atoms. The summed E-state index contributed by atoms with van der Waals surface area (Å²) in [4.78, 5) is 6.76. The molecule has 0 aromatic carbocycles. The number of pyridine rings is 1. The van der Waals surface area contributed by atoms with Crippen molar-refractivity contribution in [2.24, 2.45) is 5.73 Å². The lowest BCUT2D eigenvalue weighted by molar-refractivity contribution is 0.288. The smallest absolute Gasteiger partial charge is 0.0450 e. The Morgan fingerprint density at radius 3 is 2.56 bits per heavy atom. The van der Waals surface area contributed by atoms with Crippen LogP contribution in [0.4, 0.5) is 5.69 Å². The molecule has 0 bridgehead atoms. The van der Waals surface area contributed by atoms with Crippen LogP contribution in [0.15, 0.2) is 6.07 Å². The van der Waals surface area contributed by atoms with Crippen molar-refractivity contribution in [2.75, 3.05) is 18.1 Å². The van der Waals surface area contributed by atoms with Crippen molar-refractivity contribution in [3.05, 3.63) is 23.0 Å². The van der Waals surface area contributed by atoms with Crippen LogP contribution in [0.3, 0.4) is 0 Å². The summed E-state index contributed by atoms with van der Waals surface area (Å²) in [6, 6.07) is 2.47. The molecule has 0 fully saturated rings. The van der Waals surface area contributed by atoms with Gasteiger partial charge in [-0.05, 0) is 40.2 Å². The van der Waals surface area contributed by atoms with E-state index in [4.69, 9.17) is 10.8 Å². The number of aryl methyl sites for hydroxylation is 2. The second-order valence-electron chi connectivity index (χ2n) is 4.92. The molecule has 18 heavy (non-hydrogen) atoms. The first kappa shape index (κ1) is 14.9. The van der Waals surface area contributed by atoms with Crippen LogP contribution in [0.5, 0.6) is 0 Å². The van der Waals surface area contributed by atoms with Gasteiger partial charge in [0.2, 0.25) is 0 Å². The van der Waals surface area contributed by atoms with Gasteiger partial charge in [0.1, 0.15) is 0 Å². The second kappa shape index (κ2) is 6.71. The molecule has 0 unspecified atom stereocenters. The van der Waals surface area contributed by atoms with E-state index in [0.29, 0.717) is 12.6 Å². The maximum Gasteiger partial charge on any atom is 0.0450 e. The largest absolute Gasteiger partial charge is 0.396 e. The van der Waals surface area contributed by atoms with E-state index in [1.165, 1.54) is 0 Å². The summed E-state index contributed by atoms with van der Waals surface area (Å²) in [5.41, 5.74) is 10.1. The van der Waals surface area contributed by atoms with Gasteiger partial charge in [0, 0.05) is 48.4 Å². The number of anilines is 1. The Morgan fingerprint density at radius 1 is 1.39 bits per heavy atom. The molecule has 1 aromatic rings. The van der Waals surface area contributed by atoms with E-state index in [9.17, 15) is 0 Å². The number of hydrogen-bond donors (Lipinski definition) is 2. The third-order valence-electron chi connectivity index (χ3n) is 3.13. The Kier molecular flexibility index (Phi) is 5.56. The van der Waals surface area contributed by atoms with Crippen molar-refractivity contribution in [3.63, 3.8) is 0 Å². The molecule has 0 radical (unpaired) electrons. The summed E-state index contributed by atoms with van der Waals surface area (Å²) in [5.74, 6) is 0. The van der Waals surface area contributed by atoms with Crippen LogP contribution in [0, 0.1) is 13.8 Å². The molecule has 4 nitrogen and oxygen atoms in total. The molecule has 0 aliphatic carbocycles. The normalized spacial score (nSPS) is 11.1. The average molecular weight is 251 g/mol. The Balaban J connectivity index is 3.17. The molecule has 0 saturated heterocycles. The van der Waals surface area contributed by atoms with Crippen LogP contribution in [0.25, 0.3) is 0 Å². The van der Waals surface area contributed by atoms with Crippen molar-refractivity contribution in [1.29, 1.82) is 0 Å². The number of nitrogens with two attached hydrogens (primary N) is 1. The van der Waals surface area contributed by atoms with E-state index < -0.39 is 0 Å². The maximum absolute atomic E-state index is 9.02. The van der Waals surface area contributed by atoms with Gasteiger partial charge < -0.3 is 15.7 Å². The number of nitrogens with zero attached hydrogens (tertiary/aromatic N) is 2. The SMILES string of the molecule is Cc1cc(N(CCCO)C(C)C)c(CN)c(C)n1. The summed E-state index contributed by atoms with van der Waals surface area (Å²) in [6.45, 7) is 9.86. The molecule has 0 saturated carbocycles. The topological polar surface area (TPSA) is 62.4 Å². The maximum atomic E-state index is 9.02. The highest BCUT2D eigenvalue weighted by Gasteiger charge is 2.16. The van der Waals surface area contributed by atoms with Gasteiger partial charge in [-0.2, -0.15) is 0 Å². The van der Waals surface area contributed by atoms with Gasteiger partial charge in [0.15, 0.2) is 0 Å². The minimum atomic E-state index is 0.213. The Hall–Kier alpha value is -1.13. The number of aromatic nitrogens is 1. The molecule has 3 N–H and O–H groups in total. The number of aliphatic hydroxyl groups is 1. The highest BCUT2D eigenvalue weighted by atomic mass is 16.3. The molecule has 0 aliphatic heterocycles. The number of rotatable bonds is 6. The molecule has 0 aliphatic rings. The van der Waals surface area contributed by atoms with Gasteiger partial charge in [-0.25, -0.2) is 0 Å². The Morgan fingerprint density at radius 2 is 2.06 bits per heavy atom. The highest BCUT2D eigenvalue weighted by Crippen LogP contribution is 2.25. The summed E-state index contributed by atoms with van der Waals surface area (Å²) in [7, 11) is 0. The zero-order valence-electron chi connectivity index (χ0n) is 11.9. The van der Waals surface area contributed by atoms with Crippen LogP contribution in [0.1, 0.15) is 37.2 Å². The van der Waals surface area contributed by atoms with E-state index >= 15 is 0 Å². The van der Waals surface area contributed by atoms with Gasteiger partial charge in [0.25, 0.3) is 0 Å². The fraction of sp³-hybridized carbons (Fsp3) is 0.643. The second-order valence-corrected chi connectivity index (χ2v) is 4.92. The van der Waals surface area contributed by atoms with Crippen molar-refractivity contribution in [1.82, 2.24) is 4.98 Å². The molecular formula is C14H25N3O. The monoisotopic (exact) mass is 251 g/mol. The standard InChI is InChI=1S/C14H25N3O/c1-10(2)17(6-5-7-18)14-8-11(3)16-12(4)13(14)9-15/h8,10,18H,5-7,9,15H2,1-4H3. The zero-order chi connectivity index (χ0) is 13.7. The third-order valence-corrected chi connectivity index (χ3v) is 3.13. The predicted molar refractivity (Wildman–Crippen MR) is 75.8 cm³/mol. The van der Waals surface area contributed by atoms with E-state index in [2.05, 4.69) is 29.8 Å². The molecule has 4 heteroatoms. The van der Waals surface area contributed by atoms with E-state index in [0.717, 1.165) is 35.6 Å². The molecule has 1 aromatic heterocycles. The fourth-order valence-electron chi connectivity index (χ4n) is 2.24. The molecule has 1 heterocycles. The van der Waals surface area contributed by atoms with E-state index in [-0.39, 0.29) is 6.61 Å². The van der Waals surface area contributed by atoms with Crippen LogP contribution in [0.2, 0.25) is 0 Å². The summed E-state index contributed by atoms with van der Waals surface area (Å²) >= 11 is 0. The van der Waals surface area contributed by atoms with Gasteiger partial charge >= 0.3 is 0 Å². The van der Waals surface area contributed by atoms with Crippen LogP contribution >= 0.6 is 0 Å². The van der Waals surface area contributed by atoms with E-state index in [1.807, 2.05) is 13.8 Å². The van der Waals surface area contributed by atoms with Gasteiger partial charge in [0.05, 0.1) is 0 Å². The van der Waals surface area contributed by atoms with Crippen LogP contribution in [-0.4, -0.2) is 29.3 Å². The minimum absolute atomic E-state index is 0.213. The quantitative estimate of drug-likeness (QED) is 0.808. The lowest BCUT2D eigenvalue weighted by Crippen LogP contribution is -2.33. The molecule has 0 amide bonds. The molecule has 1 rings (SSSR count). The molecule has 0 atom stereocenters. The molecule has 102 valence electrons. The lowest BCUT2D eigenvalue weighted by atomic mass is 10.1. The van der Waals surface area contributed by atoms with Crippen molar-refractivity contribution < 1.29 is 5.11 Å². The predicted octanol–water partition coefficient (Wildman–Crippen LogP) is 1.75. The summed E-state index contributed by atoms with van der Waals surface area (Å²) in [6.07, 6.45) is 0.766. The Bertz CT molecular complexity index is 391. The first-order valence-corrected chi connectivity index (χ1v) is 6.56. The summed E-state index contributed by atoms with van der Waals surface area (Å²) < 4.78 is 0. The molecular weight excluding hydrogens is 226 g/mol. The third kappa shape index (κ3) is 3.43. The first-order valence-electron chi connectivity index (χ1n) is 6.56. The van der Waals surface area contributed by atoms with Gasteiger partial charge in [-0.1, -0.05) is 0 Å². The number of aliphatic hydroxyl groups excluding tert-OH is 1. The minimum Gasteiger partial charge on any atom is -0.396 e. The van der Waals surface area contributed by atoms with Crippen molar-refractivity contribution in [3.8, 4) is 0 Å². The van der Waals surface area contributed by atoms with Crippen LogP contribution in [-0.2, 0) is 6.54 Å². The van der Waals surface area contributed by atoms with Crippen molar-refractivity contribution in [2.45, 2.75) is 46.7 Å². The fourth-order valence-corrected chi connectivity index (χ4v) is 2.24. The average Bonchev–Trinajstić information content (AvgIpc) is 2.28. The first-order chi connectivity index (χ1) is 8.51. The summed E-state index contributed by atoms with van der Waals surface area (Å²) in [5, 5.41) is 9.02. The van der Waals surface area contributed by atoms with Crippen molar-refractivity contribution >= 4 is 5.69 Å². The number of hydrogen-bond acceptors (Lipinski definition) is 4.